The van der Waals surface area contributed by atoms with Gasteiger partial charge in [0.05, 0.1) is 6.10 Å². The second kappa shape index (κ2) is 5.31. The van der Waals surface area contributed by atoms with Crippen LogP contribution in [0.25, 0.3) is 0 Å². The summed E-state index contributed by atoms with van der Waals surface area (Å²) in [6.45, 7) is 6.72. The van der Waals surface area contributed by atoms with E-state index in [9.17, 15) is 9.90 Å². The molecule has 0 aromatic heterocycles. The zero-order valence-corrected chi connectivity index (χ0v) is 15.2. The highest BCUT2D eigenvalue weighted by molar-refractivity contribution is 5.78. The van der Waals surface area contributed by atoms with Gasteiger partial charge in [-0.2, -0.15) is 0 Å². The van der Waals surface area contributed by atoms with Gasteiger partial charge in [-0.1, -0.05) is 13.8 Å². The monoisotopic (exact) mass is 318 g/mol. The third-order valence-corrected chi connectivity index (χ3v) is 9.19. The molecule has 130 valence electrons. The van der Waals surface area contributed by atoms with Crippen molar-refractivity contribution in [3.05, 3.63) is 0 Å². The number of Topliss-reactive ketones (excluding diaryl/α,β-unsaturated/α-hetero) is 1. The van der Waals surface area contributed by atoms with Gasteiger partial charge in [0.2, 0.25) is 0 Å². The van der Waals surface area contributed by atoms with Crippen LogP contribution in [0.2, 0.25) is 0 Å². The molecule has 0 unspecified atom stereocenters. The molecule has 2 nitrogen and oxygen atoms in total. The molecule has 1 N–H and O–H groups in total. The van der Waals surface area contributed by atoms with Crippen molar-refractivity contribution >= 4 is 5.78 Å². The third kappa shape index (κ3) is 2.19. The number of hydrogen-bond donors (Lipinski definition) is 1. The summed E-state index contributed by atoms with van der Waals surface area (Å²) in [5.74, 6) is 3.95. The average Bonchev–Trinajstić information content (AvgIpc) is 2.82. The highest BCUT2D eigenvalue weighted by Crippen LogP contribution is 2.66. The van der Waals surface area contributed by atoms with Crippen LogP contribution in [0.3, 0.4) is 0 Å². The number of aliphatic hydroxyl groups is 1. The Hall–Kier alpha value is -0.370. The maximum atomic E-state index is 11.9. The Morgan fingerprint density at radius 1 is 0.913 bits per heavy atom. The van der Waals surface area contributed by atoms with Gasteiger partial charge in [-0.3, -0.25) is 4.79 Å². The summed E-state index contributed by atoms with van der Waals surface area (Å²) >= 11 is 0. The maximum Gasteiger partial charge on any atom is 0.132 e. The lowest BCUT2D eigenvalue weighted by Crippen LogP contribution is -2.54. The molecule has 4 saturated carbocycles. The van der Waals surface area contributed by atoms with Gasteiger partial charge < -0.3 is 5.11 Å². The van der Waals surface area contributed by atoms with E-state index in [0.717, 1.165) is 42.9 Å². The van der Waals surface area contributed by atoms with Crippen LogP contribution in [-0.2, 0) is 4.79 Å². The molecule has 23 heavy (non-hydrogen) atoms. The highest BCUT2D eigenvalue weighted by atomic mass is 16.3. The molecule has 4 fully saturated rings. The Bertz CT molecular complexity index is 500. The normalized spacial score (nSPS) is 55.7. The van der Waals surface area contributed by atoms with Gasteiger partial charge in [0.1, 0.15) is 5.78 Å². The Morgan fingerprint density at radius 3 is 2.35 bits per heavy atom. The Balaban J connectivity index is 1.58. The van der Waals surface area contributed by atoms with E-state index in [-0.39, 0.29) is 11.5 Å². The van der Waals surface area contributed by atoms with Crippen LogP contribution in [0, 0.1) is 40.4 Å². The van der Waals surface area contributed by atoms with Crippen LogP contribution in [0.5, 0.6) is 0 Å². The standard InChI is InChI=1S/C21H34O2/c1-13(22)14-8-10-20(2)15(12-14)4-5-16-17-6-7-19(23)21(17,3)11-9-18(16)20/h14-19,23H,4-12H2,1-3H3/t14-,15-,16+,17+,18+,19-,20-,21-/m0/s1. The van der Waals surface area contributed by atoms with E-state index in [1.807, 2.05) is 0 Å². The minimum absolute atomic E-state index is 0.0626. The van der Waals surface area contributed by atoms with Crippen LogP contribution >= 0.6 is 0 Å². The van der Waals surface area contributed by atoms with Gasteiger partial charge in [-0.25, -0.2) is 0 Å². The number of carbonyl (C=O) groups is 1. The van der Waals surface area contributed by atoms with Gasteiger partial charge in [-0.15, -0.1) is 0 Å². The zero-order chi connectivity index (χ0) is 16.4. The van der Waals surface area contributed by atoms with E-state index in [1.54, 1.807) is 6.92 Å². The molecule has 0 saturated heterocycles. The van der Waals surface area contributed by atoms with Gasteiger partial charge in [0.15, 0.2) is 0 Å². The first-order valence-electron chi connectivity index (χ1n) is 10.0. The SMILES string of the molecule is CC(=O)[C@H]1CC[C@@]2(C)[C@@H](CC[C@H]3[C@H]2CC[C@@]2(C)[C@@H]3CC[C@@H]2O)C1. The van der Waals surface area contributed by atoms with Crippen molar-refractivity contribution in [2.24, 2.45) is 40.4 Å². The Kier molecular flexibility index (Phi) is 3.72. The molecular formula is C21H34O2. The number of fused-ring (bicyclic) bond motifs is 5. The lowest BCUT2D eigenvalue weighted by atomic mass is 9.44. The molecule has 0 spiro atoms. The molecule has 0 radical (unpaired) electrons. The molecule has 0 amide bonds. The summed E-state index contributed by atoms with van der Waals surface area (Å²) in [5.41, 5.74) is 0.657. The molecular weight excluding hydrogens is 284 g/mol. The second-order valence-corrected chi connectivity index (χ2v) is 9.88. The summed E-state index contributed by atoms with van der Waals surface area (Å²) in [6.07, 6.45) is 10.9. The first kappa shape index (κ1) is 16.1. The van der Waals surface area contributed by atoms with Crippen molar-refractivity contribution in [2.45, 2.75) is 84.7 Å². The molecule has 0 bridgehead atoms. The quantitative estimate of drug-likeness (QED) is 0.767. The number of aliphatic hydroxyl groups excluding tert-OH is 1. The van der Waals surface area contributed by atoms with Crippen molar-refractivity contribution in [2.75, 3.05) is 0 Å². The van der Waals surface area contributed by atoms with Crippen molar-refractivity contribution in [1.82, 2.24) is 0 Å². The van der Waals surface area contributed by atoms with E-state index < -0.39 is 0 Å². The van der Waals surface area contributed by atoms with Crippen molar-refractivity contribution in [1.29, 1.82) is 0 Å². The van der Waals surface area contributed by atoms with Gasteiger partial charge in [0.25, 0.3) is 0 Å². The lowest BCUT2D eigenvalue weighted by Gasteiger charge is -2.60. The molecule has 0 aromatic rings. The highest BCUT2D eigenvalue weighted by Gasteiger charge is 2.60. The summed E-state index contributed by atoms with van der Waals surface area (Å²) in [4.78, 5) is 11.9. The van der Waals surface area contributed by atoms with Crippen LogP contribution in [0.4, 0.5) is 0 Å². The molecule has 4 aliphatic carbocycles. The van der Waals surface area contributed by atoms with E-state index in [0.29, 0.717) is 17.1 Å². The van der Waals surface area contributed by atoms with Crippen LogP contribution in [0.15, 0.2) is 0 Å². The van der Waals surface area contributed by atoms with E-state index in [2.05, 4.69) is 13.8 Å². The largest absolute Gasteiger partial charge is 0.393 e. The molecule has 4 aliphatic rings. The first-order chi connectivity index (χ1) is 10.9. The van der Waals surface area contributed by atoms with Crippen LogP contribution in [0.1, 0.15) is 78.6 Å². The summed E-state index contributed by atoms with van der Waals surface area (Å²) < 4.78 is 0. The van der Waals surface area contributed by atoms with Crippen LogP contribution < -0.4 is 0 Å². The van der Waals surface area contributed by atoms with E-state index >= 15 is 0 Å². The zero-order valence-electron chi connectivity index (χ0n) is 15.2. The first-order valence-corrected chi connectivity index (χ1v) is 10.0. The molecule has 0 aromatic carbocycles. The predicted molar refractivity (Wildman–Crippen MR) is 91.9 cm³/mol. The lowest BCUT2D eigenvalue weighted by molar-refractivity contribution is -0.138. The topological polar surface area (TPSA) is 37.3 Å². The van der Waals surface area contributed by atoms with Gasteiger partial charge >= 0.3 is 0 Å². The predicted octanol–water partition coefficient (Wildman–Crippen LogP) is 4.60. The molecule has 0 heterocycles. The summed E-state index contributed by atoms with van der Waals surface area (Å²) in [6, 6.07) is 0. The minimum atomic E-state index is -0.0626. The van der Waals surface area contributed by atoms with Crippen molar-refractivity contribution in [3.63, 3.8) is 0 Å². The maximum absolute atomic E-state index is 11.9. The molecule has 0 aliphatic heterocycles. The second-order valence-electron chi connectivity index (χ2n) is 9.88. The molecule has 8 atom stereocenters. The molecule has 4 rings (SSSR count). The van der Waals surface area contributed by atoms with Crippen LogP contribution in [-0.4, -0.2) is 17.0 Å². The van der Waals surface area contributed by atoms with Gasteiger partial charge in [-0.05, 0) is 99.2 Å². The number of rotatable bonds is 1. The average molecular weight is 319 g/mol. The number of carbonyl (C=O) groups excluding carboxylic acids is 1. The Morgan fingerprint density at radius 2 is 1.61 bits per heavy atom. The minimum Gasteiger partial charge on any atom is -0.393 e. The number of hydrogen-bond acceptors (Lipinski definition) is 2. The van der Waals surface area contributed by atoms with E-state index in [4.69, 9.17) is 0 Å². The summed E-state index contributed by atoms with van der Waals surface area (Å²) in [7, 11) is 0. The fourth-order valence-corrected chi connectivity index (χ4v) is 7.60. The Labute approximate surface area is 141 Å². The number of ketones is 1. The summed E-state index contributed by atoms with van der Waals surface area (Å²) in [5, 5.41) is 10.5. The van der Waals surface area contributed by atoms with Crippen molar-refractivity contribution < 1.29 is 9.90 Å². The van der Waals surface area contributed by atoms with E-state index in [1.165, 1.54) is 38.5 Å². The third-order valence-electron chi connectivity index (χ3n) is 9.19. The fourth-order valence-electron chi connectivity index (χ4n) is 7.60. The van der Waals surface area contributed by atoms with Crippen molar-refractivity contribution in [3.8, 4) is 0 Å². The smallest absolute Gasteiger partial charge is 0.132 e. The molecule has 2 heteroatoms. The van der Waals surface area contributed by atoms with Gasteiger partial charge in [0, 0.05) is 5.92 Å². The fraction of sp³-hybridized carbons (Fsp3) is 0.952.